The second kappa shape index (κ2) is 7.87. The fourth-order valence-corrected chi connectivity index (χ4v) is 4.60. The summed E-state index contributed by atoms with van der Waals surface area (Å²) in [6.07, 6.45) is -2.00. The number of hydrogen-bond donors (Lipinski definition) is 3. The number of aliphatic hydroxyl groups excluding tert-OH is 1. The van der Waals surface area contributed by atoms with Crippen LogP contribution in [0.15, 0.2) is 24.3 Å². The van der Waals surface area contributed by atoms with E-state index in [1.165, 1.54) is 12.1 Å². The van der Waals surface area contributed by atoms with Crippen LogP contribution < -0.4 is 15.0 Å². The molecule has 3 aromatic rings. The van der Waals surface area contributed by atoms with Crippen molar-refractivity contribution in [3.05, 3.63) is 35.1 Å². The number of pyridine rings is 1. The molecule has 3 amide bonds. The van der Waals surface area contributed by atoms with Gasteiger partial charge in [-0.05, 0) is 24.3 Å². The first-order valence-electron chi connectivity index (χ1n) is 10.4. The molecule has 0 aliphatic carbocycles. The van der Waals surface area contributed by atoms with Gasteiger partial charge in [0.1, 0.15) is 30.7 Å². The number of H-pyrrole nitrogens is 1. The van der Waals surface area contributed by atoms with Gasteiger partial charge in [0.15, 0.2) is 11.8 Å². The largest absolute Gasteiger partial charge is 0.456 e. The molecule has 5 heterocycles. The molecular formula is C21H17ClFN5O6. The number of imidazole rings is 1. The lowest BCUT2D eigenvalue weighted by Crippen LogP contribution is -2.34. The van der Waals surface area contributed by atoms with Crippen LogP contribution in [0, 0.1) is 5.82 Å². The van der Waals surface area contributed by atoms with Gasteiger partial charge in [0.2, 0.25) is 5.91 Å². The number of rotatable bonds is 4. The molecule has 3 saturated heterocycles. The first kappa shape index (κ1) is 21.2. The minimum atomic E-state index is -0.695. The standard InChI is InChI=1S/C21H17ClFN5O6/c22-10-4-12-19(27-20(24-12)34-14-7-33-17-13(29)6-32-18(14)17)26-16(10)9-2-1-8(3-11(9)23)28-5-15(30)25-21(28)31/h1-4,13-14,17-18,29H,5-7H2,(H,24,26,27)(H,25,30,31)/t13-,14-,17-,18?/m1/s1. The molecule has 34 heavy (non-hydrogen) atoms. The molecule has 0 radical (unpaired) electrons. The number of aromatic amines is 1. The maximum absolute atomic E-state index is 15.0. The maximum atomic E-state index is 15.0. The highest BCUT2D eigenvalue weighted by Gasteiger charge is 2.48. The molecule has 13 heteroatoms. The number of nitrogens with zero attached hydrogens (tertiary/aromatic N) is 3. The van der Waals surface area contributed by atoms with E-state index < -0.39 is 42.2 Å². The Morgan fingerprint density at radius 2 is 2.00 bits per heavy atom. The maximum Gasteiger partial charge on any atom is 0.329 e. The van der Waals surface area contributed by atoms with Crippen molar-refractivity contribution in [1.29, 1.82) is 0 Å². The zero-order chi connectivity index (χ0) is 23.6. The Bertz CT molecular complexity index is 1330. The van der Waals surface area contributed by atoms with Crippen molar-refractivity contribution in [2.24, 2.45) is 0 Å². The molecule has 2 aromatic heterocycles. The number of urea groups is 1. The van der Waals surface area contributed by atoms with Gasteiger partial charge in [0.05, 0.1) is 29.4 Å². The second-order valence-electron chi connectivity index (χ2n) is 8.16. The van der Waals surface area contributed by atoms with E-state index >= 15 is 0 Å². The van der Waals surface area contributed by atoms with Crippen LogP contribution in [-0.4, -0.2) is 76.2 Å². The van der Waals surface area contributed by atoms with Crippen LogP contribution in [0.3, 0.4) is 0 Å². The molecular weight excluding hydrogens is 473 g/mol. The first-order chi connectivity index (χ1) is 16.4. The quantitative estimate of drug-likeness (QED) is 0.467. The third kappa shape index (κ3) is 3.46. The van der Waals surface area contributed by atoms with Crippen LogP contribution >= 0.6 is 11.6 Å². The van der Waals surface area contributed by atoms with Crippen molar-refractivity contribution in [1.82, 2.24) is 20.3 Å². The van der Waals surface area contributed by atoms with Gasteiger partial charge in [-0.25, -0.2) is 14.2 Å². The number of halogens is 2. The van der Waals surface area contributed by atoms with Gasteiger partial charge in [-0.1, -0.05) is 11.6 Å². The molecule has 3 aliphatic heterocycles. The van der Waals surface area contributed by atoms with Crippen LogP contribution in [0.25, 0.3) is 22.4 Å². The van der Waals surface area contributed by atoms with E-state index in [0.29, 0.717) is 5.52 Å². The fraction of sp³-hybridized carbons (Fsp3) is 0.333. The number of anilines is 1. The molecule has 1 aromatic carbocycles. The van der Waals surface area contributed by atoms with Crippen LogP contribution in [0.5, 0.6) is 6.01 Å². The molecule has 0 saturated carbocycles. The highest BCUT2D eigenvalue weighted by molar-refractivity contribution is 6.33. The lowest BCUT2D eigenvalue weighted by atomic mass is 10.1. The topological polar surface area (TPSA) is 139 Å². The van der Waals surface area contributed by atoms with Crippen LogP contribution in [0.1, 0.15) is 0 Å². The number of carbonyl (C=O) groups is 2. The Labute approximate surface area is 195 Å². The van der Waals surface area contributed by atoms with E-state index in [9.17, 15) is 19.1 Å². The van der Waals surface area contributed by atoms with Gasteiger partial charge in [0.25, 0.3) is 6.01 Å². The SMILES string of the molecule is O=C1CN(c2ccc(-c3nc4nc(O[C@@H]5CO[C@H]6C5OC[C@H]6O)[nH]c4cc3Cl)c(F)c2)C(=O)N1. The summed E-state index contributed by atoms with van der Waals surface area (Å²) < 4.78 is 31.9. The van der Waals surface area contributed by atoms with Gasteiger partial charge in [0, 0.05) is 11.3 Å². The molecule has 4 atom stereocenters. The molecule has 6 rings (SSSR count). The number of carbonyl (C=O) groups excluding carboxylic acids is 2. The van der Waals surface area contributed by atoms with E-state index in [1.807, 2.05) is 0 Å². The Morgan fingerprint density at radius 1 is 1.18 bits per heavy atom. The molecule has 0 spiro atoms. The summed E-state index contributed by atoms with van der Waals surface area (Å²) in [6, 6.07) is 5.18. The first-order valence-corrected chi connectivity index (χ1v) is 10.8. The summed E-state index contributed by atoms with van der Waals surface area (Å²) in [6.45, 7) is 0.232. The van der Waals surface area contributed by atoms with Gasteiger partial charge in [-0.2, -0.15) is 4.98 Å². The molecule has 0 bridgehead atoms. The number of imide groups is 1. The molecule has 176 valence electrons. The summed E-state index contributed by atoms with van der Waals surface area (Å²) in [5.74, 6) is -1.13. The second-order valence-corrected chi connectivity index (χ2v) is 8.56. The van der Waals surface area contributed by atoms with Crippen LogP contribution in [0.2, 0.25) is 5.02 Å². The lowest BCUT2D eigenvalue weighted by Gasteiger charge is -2.15. The third-order valence-corrected chi connectivity index (χ3v) is 6.25. The Kier molecular flexibility index (Phi) is 4.92. The van der Waals surface area contributed by atoms with Gasteiger partial charge in [-0.15, -0.1) is 0 Å². The summed E-state index contributed by atoms with van der Waals surface area (Å²) in [4.78, 5) is 36.1. The van der Waals surface area contributed by atoms with Crippen molar-refractivity contribution in [3.8, 4) is 17.3 Å². The van der Waals surface area contributed by atoms with Crippen molar-refractivity contribution < 1.29 is 33.3 Å². The lowest BCUT2D eigenvalue weighted by molar-refractivity contribution is -0.117. The van der Waals surface area contributed by atoms with E-state index in [1.54, 1.807) is 6.07 Å². The summed E-state index contributed by atoms with van der Waals surface area (Å²) in [7, 11) is 0. The van der Waals surface area contributed by atoms with Crippen LogP contribution in [0.4, 0.5) is 14.9 Å². The number of hydrogen-bond acceptors (Lipinski definition) is 8. The van der Waals surface area contributed by atoms with Gasteiger partial charge >= 0.3 is 6.03 Å². The van der Waals surface area contributed by atoms with E-state index in [-0.39, 0.29) is 53.4 Å². The Morgan fingerprint density at radius 3 is 2.76 bits per heavy atom. The predicted octanol–water partition coefficient (Wildman–Crippen LogP) is 1.38. The number of nitrogens with one attached hydrogen (secondary N) is 2. The van der Waals surface area contributed by atoms with Crippen molar-refractivity contribution in [2.45, 2.75) is 24.4 Å². The number of aliphatic hydroxyl groups is 1. The zero-order valence-corrected chi connectivity index (χ0v) is 18.1. The van der Waals surface area contributed by atoms with Crippen molar-refractivity contribution in [2.75, 3.05) is 24.7 Å². The Balaban J connectivity index is 1.27. The van der Waals surface area contributed by atoms with Crippen molar-refractivity contribution >= 4 is 40.4 Å². The average Bonchev–Trinajstić information content (AvgIpc) is 3.54. The summed E-state index contributed by atoms with van der Waals surface area (Å²) in [5, 5.41) is 12.2. The minimum Gasteiger partial charge on any atom is -0.456 e. The normalized spacial score (nSPS) is 26.4. The third-order valence-electron chi connectivity index (χ3n) is 5.96. The van der Waals surface area contributed by atoms with Crippen LogP contribution in [-0.2, 0) is 14.3 Å². The monoisotopic (exact) mass is 489 g/mol. The minimum absolute atomic E-state index is 0.104. The molecule has 3 aliphatic rings. The van der Waals surface area contributed by atoms with E-state index in [4.69, 9.17) is 25.8 Å². The highest BCUT2D eigenvalue weighted by Crippen LogP contribution is 2.34. The van der Waals surface area contributed by atoms with Gasteiger partial charge < -0.3 is 24.3 Å². The number of fused-ring (bicyclic) bond motifs is 2. The number of amides is 3. The highest BCUT2D eigenvalue weighted by atomic mass is 35.5. The Hall–Kier alpha value is -3.32. The number of benzene rings is 1. The zero-order valence-electron chi connectivity index (χ0n) is 17.3. The fourth-order valence-electron chi connectivity index (χ4n) is 4.34. The average molecular weight is 490 g/mol. The molecule has 11 nitrogen and oxygen atoms in total. The predicted molar refractivity (Wildman–Crippen MR) is 115 cm³/mol. The summed E-state index contributed by atoms with van der Waals surface area (Å²) in [5.41, 5.74) is 1.23. The molecule has 1 unspecified atom stereocenters. The van der Waals surface area contributed by atoms with E-state index in [0.717, 1.165) is 11.0 Å². The number of ether oxygens (including phenoxy) is 3. The van der Waals surface area contributed by atoms with E-state index in [2.05, 4.69) is 20.3 Å². The molecule has 3 fully saturated rings. The summed E-state index contributed by atoms with van der Waals surface area (Å²) >= 11 is 6.38. The molecule has 3 N–H and O–H groups in total. The smallest absolute Gasteiger partial charge is 0.329 e. The van der Waals surface area contributed by atoms with Crippen molar-refractivity contribution in [3.63, 3.8) is 0 Å². The van der Waals surface area contributed by atoms with Gasteiger partial charge in [-0.3, -0.25) is 15.0 Å². The number of aromatic nitrogens is 3.